The Morgan fingerprint density at radius 2 is 2.06 bits per heavy atom. The summed E-state index contributed by atoms with van der Waals surface area (Å²) in [6, 6.07) is 7.89. The zero-order valence-corrected chi connectivity index (χ0v) is 10.5. The van der Waals surface area contributed by atoms with Gasteiger partial charge in [-0.25, -0.2) is 0 Å². The number of ether oxygens (including phenoxy) is 1. The molecule has 0 saturated heterocycles. The molecule has 17 heavy (non-hydrogen) atoms. The van der Waals surface area contributed by atoms with Crippen LogP contribution >= 0.6 is 11.5 Å². The smallest absolute Gasteiger partial charge is 0.298 e. The number of hydrogen-bond donors (Lipinski definition) is 1. The van der Waals surface area contributed by atoms with Crippen LogP contribution < -0.4 is 10.5 Å². The molecule has 0 saturated carbocycles. The number of aryl methyl sites for hydroxylation is 1. The Kier molecular flexibility index (Phi) is 4.06. The van der Waals surface area contributed by atoms with Crippen LogP contribution in [0.25, 0.3) is 0 Å². The van der Waals surface area contributed by atoms with E-state index >= 15 is 0 Å². The fraction of sp³-hybridized carbons (Fsp3) is 0.333. The van der Waals surface area contributed by atoms with Gasteiger partial charge in [0, 0.05) is 18.0 Å². The predicted octanol–water partition coefficient (Wildman–Crippen LogP) is 2.39. The summed E-state index contributed by atoms with van der Waals surface area (Å²) in [4.78, 5) is 4.25. The number of nitrogens with zero attached hydrogens (tertiary/aromatic N) is 2. The molecule has 0 fully saturated rings. The van der Waals surface area contributed by atoms with Crippen LogP contribution in [0.2, 0.25) is 0 Å². The molecule has 0 unspecified atom stereocenters. The lowest BCUT2D eigenvalue weighted by Crippen LogP contribution is -2.02. The number of rotatable bonds is 5. The first kappa shape index (κ1) is 12.0. The van der Waals surface area contributed by atoms with E-state index in [1.807, 2.05) is 31.2 Å². The van der Waals surface area contributed by atoms with Crippen LogP contribution in [0.1, 0.15) is 18.3 Å². The van der Waals surface area contributed by atoms with Gasteiger partial charge < -0.3 is 10.5 Å². The van der Waals surface area contributed by atoms with Gasteiger partial charge in [-0.3, -0.25) is 0 Å². The van der Waals surface area contributed by atoms with Gasteiger partial charge in [0.1, 0.15) is 11.6 Å². The fourth-order valence-corrected chi connectivity index (χ4v) is 2.05. The largest absolute Gasteiger partial charge is 0.430 e. The zero-order valence-electron chi connectivity index (χ0n) is 9.72. The van der Waals surface area contributed by atoms with Crippen molar-refractivity contribution in [3.05, 3.63) is 35.7 Å². The zero-order chi connectivity index (χ0) is 12.1. The van der Waals surface area contributed by atoms with Crippen molar-refractivity contribution < 1.29 is 4.74 Å². The first-order chi connectivity index (χ1) is 8.31. The molecule has 5 heteroatoms. The standard InChI is InChI=1S/C12H15N3OS/c1-2-11-14-12(17-15-11)16-10-5-3-9(4-6-10)7-8-13/h3-6H,2,7-8,13H2,1H3. The molecule has 0 aliphatic heterocycles. The van der Waals surface area contributed by atoms with Gasteiger partial charge >= 0.3 is 0 Å². The monoisotopic (exact) mass is 249 g/mol. The molecule has 0 atom stereocenters. The van der Waals surface area contributed by atoms with Crippen LogP contribution in [0.15, 0.2) is 24.3 Å². The number of hydrogen-bond acceptors (Lipinski definition) is 5. The molecule has 0 aliphatic rings. The highest BCUT2D eigenvalue weighted by Crippen LogP contribution is 2.23. The molecule has 1 heterocycles. The Morgan fingerprint density at radius 3 is 2.65 bits per heavy atom. The lowest BCUT2D eigenvalue weighted by atomic mass is 10.1. The molecule has 0 spiro atoms. The third-order valence-electron chi connectivity index (χ3n) is 2.33. The van der Waals surface area contributed by atoms with E-state index in [4.69, 9.17) is 10.5 Å². The summed E-state index contributed by atoms with van der Waals surface area (Å²) in [5.74, 6) is 1.61. The molecule has 2 N–H and O–H groups in total. The van der Waals surface area contributed by atoms with E-state index in [0.29, 0.717) is 11.7 Å². The van der Waals surface area contributed by atoms with Gasteiger partial charge in [0.15, 0.2) is 0 Å². The highest BCUT2D eigenvalue weighted by atomic mass is 32.1. The number of benzene rings is 1. The Bertz CT molecular complexity index is 467. The summed E-state index contributed by atoms with van der Waals surface area (Å²) in [6.45, 7) is 2.68. The summed E-state index contributed by atoms with van der Waals surface area (Å²) in [6.07, 6.45) is 1.72. The molecule has 1 aromatic heterocycles. The molecular formula is C12H15N3OS. The van der Waals surface area contributed by atoms with Crippen molar-refractivity contribution in [1.29, 1.82) is 0 Å². The van der Waals surface area contributed by atoms with E-state index < -0.39 is 0 Å². The van der Waals surface area contributed by atoms with Gasteiger partial charge in [0.25, 0.3) is 5.19 Å². The predicted molar refractivity (Wildman–Crippen MR) is 68.6 cm³/mol. The first-order valence-electron chi connectivity index (χ1n) is 5.61. The Labute approximate surface area is 105 Å². The Hall–Kier alpha value is -1.46. The van der Waals surface area contributed by atoms with Crippen molar-refractivity contribution in [2.45, 2.75) is 19.8 Å². The highest BCUT2D eigenvalue weighted by Gasteiger charge is 2.04. The molecule has 0 amide bonds. The molecule has 90 valence electrons. The van der Waals surface area contributed by atoms with Crippen molar-refractivity contribution in [2.24, 2.45) is 5.73 Å². The van der Waals surface area contributed by atoms with Gasteiger partial charge in [-0.2, -0.15) is 9.36 Å². The van der Waals surface area contributed by atoms with E-state index in [-0.39, 0.29) is 0 Å². The maximum Gasteiger partial charge on any atom is 0.298 e. The van der Waals surface area contributed by atoms with Crippen molar-refractivity contribution >= 4 is 11.5 Å². The summed E-state index contributed by atoms with van der Waals surface area (Å²) in [5.41, 5.74) is 6.71. The Balaban J connectivity index is 2.03. The highest BCUT2D eigenvalue weighted by molar-refractivity contribution is 7.07. The second kappa shape index (κ2) is 5.75. The van der Waals surface area contributed by atoms with Gasteiger partial charge in [-0.15, -0.1) is 0 Å². The van der Waals surface area contributed by atoms with Crippen LogP contribution in [0.5, 0.6) is 10.9 Å². The van der Waals surface area contributed by atoms with Gasteiger partial charge in [0.2, 0.25) is 0 Å². The quantitative estimate of drug-likeness (QED) is 0.884. The molecule has 4 nitrogen and oxygen atoms in total. The molecule has 0 bridgehead atoms. The van der Waals surface area contributed by atoms with Crippen molar-refractivity contribution in [1.82, 2.24) is 9.36 Å². The lowest BCUT2D eigenvalue weighted by Gasteiger charge is -2.02. The number of nitrogens with two attached hydrogens (primary N) is 1. The van der Waals surface area contributed by atoms with E-state index in [2.05, 4.69) is 9.36 Å². The SMILES string of the molecule is CCc1nsc(Oc2ccc(CCN)cc2)n1. The average molecular weight is 249 g/mol. The first-order valence-corrected chi connectivity index (χ1v) is 6.38. The summed E-state index contributed by atoms with van der Waals surface area (Å²) < 4.78 is 9.77. The van der Waals surface area contributed by atoms with Crippen LogP contribution in [0.3, 0.4) is 0 Å². The fourth-order valence-electron chi connectivity index (χ4n) is 1.41. The van der Waals surface area contributed by atoms with Crippen LogP contribution in [-0.4, -0.2) is 15.9 Å². The van der Waals surface area contributed by atoms with Crippen LogP contribution in [-0.2, 0) is 12.8 Å². The molecule has 1 aromatic carbocycles. The third-order valence-corrected chi connectivity index (χ3v) is 2.96. The summed E-state index contributed by atoms with van der Waals surface area (Å²) in [7, 11) is 0. The molecular weight excluding hydrogens is 234 g/mol. The van der Waals surface area contributed by atoms with Crippen LogP contribution in [0.4, 0.5) is 0 Å². The van der Waals surface area contributed by atoms with E-state index in [1.54, 1.807) is 0 Å². The normalized spacial score (nSPS) is 10.5. The number of aromatic nitrogens is 2. The molecule has 0 aliphatic carbocycles. The van der Waals surface area contributed by atoms with E-state index in [0.717, 1.165) is 24.4 Å². The average Bonchev–Trinajstić information content (AvgIpc) is 2.80. The van der Waals surface area contributed by atoms with Crippen molar-refractivity contribution in [2.75, 3.05) is 6.54 Å². The summed E-state index contributed by atoms with van der Waals surface area (Å²) in [5, 5.41) is 0.591. The molecule has 2 rings (SSSR count). The maximum absolute atomic E-state index is 5.61. The van der Waals surface area contributed by atoms with Crippen LogP contribution in [0, 0.1) is 0 Å². The Morgan fingerprint density at radius 1 is 1.29 bits per heavy atom. The van der Waals surface area contributed by atoms with Gasteiger partial charge in [-0.05, 0) is 30.7 Å². The van der Waals surface area contributed by atoms with Gasteiger partial charge in [0.05, 0.1) is 0 Å². The minimum Gasteiger partial charge on any atom is -0.430 e. The second-order valence-electron chi connectivity index (χ2n) is 3.61. The lowest BCUT2D eigenvalue weighted by molar-refractivity contribution is 0.477. The third kappa shape index (κ3) is 3.25. The van der Waals surface area contributed by atoms with E-state index in [1.165, 1.54) is 17.1 Å². The van der Waals surface area contributed by atoms with E-state index in [9.17, 15) is 0 Å². The minimum absolute atomic E-state index is 0.591. The maximum atomic E-state index is 5.61. The molecule has 2 aromatic rings. The second-order valence-corrected chi connectivity index (χ2v) is 4.33. The topological polar surface area (TPSA) is 61.0 Å². The molecule has 0 radical (unpaired) electrons. The minimum atomic E-state index is 0.591. The summed E-state index contributed by atoms with van der Waals surface area (Å²) >= 11 is 1.28. The van der Waals surface area contributed by atoms with Crippen molar-refractivity contribution in [3.8, 4) is 10.9 Å². The van der Waals surface area contributed by atoms with Gasteiger partial charge in [-0.1, -0.05) is 19.1 Å². The van der Waals surface area contributed by atoms with Crippen molar-refractivity contribution in [3.63, 3.8) is 0 Å².